The first-order chi connectivity index (χ1) is 19.3. The van der Waals surface area contributed by atoms with Gasteiger partial charge >= 0.3 is 0 Å². The van der Waals surface area contributed by atoms with Crippen LogP contribution in [0.5, 0.6) is 0 Å². The fourth-order valence-corrected chi connectivity index (χ4v) is 8.12. The smallest absolute Gasteiger partial charge is 0.254 e. The number of fused-ring (bicyclic) bond motifs is 3. The van der Waals surface area contributed by atoms with Crippen LogP contribution >= 0.6 is 11.6 Å². The number of hydrogen-bond donors (Lipinski definition) is 1. The lowest BCUT2D eigenvalue weighted by Crippen LogP contribution is -2.68. The summed E-state index contributed by atoms with van der Waals surface area (Å²) in [7, 11) is 0. The molecule has 4 saturated heterocycles. The molecule has 1 unspecified atom stereocenters. The van der Waals surface area contributed by atoms with E-state index in [4.69, 9.17) is 11.6 Å². The van der Waals surface area contributed by atoms with Crippen molar-refractivity contribution >= 4 is 23.1 Å². The predicted molar refractivity (Wildman–Crippen MR) is 162 cm³/mol. The zero-order valence-electron chi connectivity index (χ0n) is 24.1. The Morgan fingerprint density at radius 1 is 1.02 bits per heavy atom. The molecule has 40 heavy (non-hydrogen) atoms. The van der Waals surface area contributed by atoms with Gasteiger partial charge in [-0.3, -0.25) is 14.6 Å². The highest BCUT2D eigenvalue weighted by atomic mass is 35.5. The van der Waals surface area contributed by atoms with Gasteiger partial charge in [0.15, 0.2) is 0 Å². The molecule has 0 saturated carbocycles. The number of allylic oxidation sites excluding steroid dienone is 1. The Labute approximate surface area is 244 Å². The summed E-state index contributed by atoms with van der Waals surface area (Å²) in [4.78, 5) is 20.6. The molecule has 0 radical (unpaired) electrons. The van der Waals surface area contributed by atoms with Crippen LogP contribution in [0.15, 0.2) is 48.0 Å². The lowest BCUT2D eigenvalue weighted by Gasteiger charge is -2.57. The predicted octanol–water partition coefficient (Wildman–Crippen LogP) is 5.97. The molecule has 212 valence electrons. The minimum atomic E-state index is 0.225. The summed E-state index contributed by atoms with van der Waals surface area (Å²) in [5.74, 6) is 0.225. The molecule has 2 aromatic rings. The Kier molecular flexibility index (Phi) is 7.06. The first-order valence-electron chi connectivity index (χ1n) is 15.4. The van der Waals surface area contributed by atoms with E-state index in [-0.39, 0.29) is 5.91 Å². The maximum Gasteiger partial charge on any atom is 0.254 e. The summed E-state index contributed by atoms with van der Waals surface area (Å²) in [6, 6.07) is 16.8. The second kappa shape index (κ2) is 10.6. The van der Waals surface area contributed by atoms with Crippen molar-refractivity contribution in [1.29, 1.82) is 0 Å². The van der Waals surface area contributed by atoms with Crippen LogP contribution in [-0.2, 0) is 13.1 Å². The number of piperazine rings is 1. The summed E-state index contributed by atoms with van der Waals surface area (Å²) in [6.07, 6.45) is 7.21. The van der Waals surface area contributed by atoms with Crippen molar-refractivity contribution in [3.63, 3.8) is 0 Å². The van der Waals surface area contributed by atoms with Crippen LogP contribution in [0.3, 0.4) is 0 Å². The topological polar surface area (TPSA) is 38.8 Å². The zero-order valence-corrected chi connectivity index (χ0v) is 24.8. The molecule has 2 bridgehead atoms. The molecule has 5 aliphatic heterocycles. The zero-order chi connectivity index (χ0) is 27.4. The monoisotopic (exact) mass is 558 g/mol. The van der Waals surface area contributed by atoms with E-state index in [1.54, 1.807) is 11.1 Å². The van der Waals surface area contributed by atoms with Gasteiger partial charge < -0.3 is 10.2 Å². The van der Waals surface area contributed by atoms with Crippen molar-refractivity contribution in [2.45, 2.75) is 83.6 Å². The average molecular weight is 559 g/mol. The Hall–Kier alpha value is -2.18. The molecule has 5 heterocycles. The summed E-state index contributed by atoms with van der Waals surface area (Å²) in [5.41, 5.74) is 8.40. The van der Waals surface area contributed by atoms with Crippen LogP contribution < -0.4 is 5.32 Å². The van der Waals surface area contributed by atoms with E-state index in [0.29, 0.717) is 23.5 Å². The molecule has 6 heteroatoms. The number of halogens is 1. The van der Waals surface area contributed by atoms with Gasteiger partial charge in [-0.25, -0.2) is 0 Å². The van der Waals surface area contributed by atoms with Crippen molar-refractivity contribution in [3.05, 3.63) is 75.3 Å². The van der Waals surface area contributed by atoms with Crippen LogP contribution in [0.4, 0.5) is 0 Å². The molecule has 1 N–H and O–H groups in total. The van der Waals surface area contributed by atoms with E-state index in [1.807, 2.05) is 12.1 Å². The summed E-state index contributed by atoms with van der Waals surface area (Å²) >= 11 is 6.22. The Balaban J connectivity index is 1.00. The molecule has 1 amide bonds. The first kappa shape index (κ1) is 26.7. The second-order valence-corrected chi connectivity index (χ2v) is 14.2. The molecule has 8 rings (SSSR count). The summed E-state index contributed by atoms with van der Waals surface area (Å²) in [6.45, 7) is 12.0. The third-order valence-corrected chi connectivity index (χ3v) is 10.5. The lowest BCUT2D eigenvalue weighted by molar-refractivity contribution is -0.0660. The molecular weight excluding hydrogens is 516 g/mol. The number of nitrogens with zero attached hydrogens (tertiary/aromatic N) is 3. The van der Waals surface area contributed by atoms with Gasteiger partial charge in [-0.15, -0.1) is 0 Å². The highest BCUT2D eigenvalue weighted by molar-refractivity contribution is 6.30. The molecule has 0 spiro atoms. The van der Waals surface area contributed by atoms with Crippen molar-refractivity contribution in [2.75, 3.05) is 32.7 Å². The van der Waals surface area contributed by atoms with Gasteiger partial charge in [-0.2, -0.15) is 0 Å². The van der Waals surface area contributed by atoms with Crippen LogP contribution in [0.2, 0.25) is 5.02 Å². The van der Waals surface area contributed by atoms with Crippen LogP contribution in [0, 0.1) is 5.41 Å². The number of rotatable bonds is 6. The maximum absolute atomic E-state index is 13.1. The number of hydrogen-bond acceptors (Lipinski definition) is 4. The third kappa shape index (κ3) is 5.15. The molecule has 0 aromatic heterocycles. The Bertz CT molecular complexity index is 1300. The third-order valence-electron chi connectivity index (χ3n) is 10.3. The van der Waals surface area contributed by atoms with Crippen molar-refractivity contribution in [3.8, 4) is 0 Å². The highest BCUT2D eigenvalue weighted by Gasteiger charge is 2.45. The van der Waals surface area contributed by atoms with Gasteiger partial charge in [0.25, 0.3) is 5.91 Å². The normalized spacial score (nSPS) is 28.5. The van der Waals surface area contributed by atoms with Gasteiger partial charge in [0.2, 0.25) is 0 Å². The molecule has 4 fully saturated rings. The molecule has 5 nitrogen and oxygen atoms in total. The van der Waals surface area contributed by atoms with Gasteiger partial charge in [-0.05, 0) is 90.9 Å². The molecule has 1 aliphatic carbocycles. The standard InChI is InChI=1S/C34H43ClN4O/c1-34(2)12-11-25(32(16-34)24-6-8-27(35)9-7-24)19-38-29-15-30(38)22-37(21-29)18-23-5-10-31-26(14-23)20-39(33(31)40)28-4-3-13-36-17-28/h5-10,14,28-30,36H,3-4,11-13,15-22H2,1-2H3/t28?,29-,30+. The molecular formula is C34H43ClN4O. The number of amides is 1. The van der Waals surface area contributed by atoms with Gasteiger partial charge in [-0.1, -0.05) is 55.3 Å². The van der Waals surface area contributed by atoms with Crippen LogP contribution in [0.25, 0.3) is 5.57 Å². The van der Waals surface area contributed by atoms with E-state index >= 15 is 0 Å². The molecule has 6 aliphatic rings. The summed E-state index contributed by atoms with van der Waals surface area (Å²) in [5, 5.41) is 4.28. The van der Waals surface area contributed by atoms with E-state index < -0.39 is 0 Å². The number of nitrogens with one attached hydrogen (secondary N) is 1. The van der Waals surface area contributed by atoms with Gasteiger partial charge in [0.1, 0.15) is 0 Å². The fourth-order valence-electron chi connectivity index (χ4n) is 7.99. The Morgan fingerprint density at radius 3 is 2.58 bits per heavy atom. The van der Waals surface area contributed by atoms with Gasteiger partial charge in [0.05, 0.1) is 0 Å². The van der Waals surface area contributed by atoms with E-state index in [0.717, 1.165) is 75.7 Å². The molecule has 3 atom stereocenters. The Morgan fingerprint density at radius 2 is 1.82 bits per heavy atom. The van der Waals surface area contributed by atoms with E-state index in [9.17, 15) is 4.79 Å². The van der Waals surface area contributed by atoms with Crippen molar-refractivity contribution in [1.82, 2.24) is 20.0 Å². The maximum atomic E-state index is 13.1. The average Bonchev–Trinajstić information content (AvgIpc) is 3.28. The number of benzene rings is 2. The highest BCUT2D eigenvalue weighted by Crippen LogP contribution is 2.45. The van der Waals surface area contributed by atoms with Crippen molar-refractivity contribution < 1.29 is 4.79 Å². The first-order valence-corrected chi connectivity index (χ1v) is 15.8. The minimum Gasteiger partial charge on any atom is -0.330 e. The second-order valence-electron chi connectivity index (χ2n) is 13.8. The number of piperidine rings is 2. The summed E-state index contributed by atoms with van der Waals surface area (Å²) < 4.78 is 0. The van der Waals surface area contributed by atoms with E-state index in [1.165, 1.54) is 36.0 Å². The number of carbonyl (C=O) groups excluding carboxylic acids is 1. The quantitative estimate of drug-likeness (QED) is 0.474. The fraction of sp³-hybridized carbons (Fsp3) is 0.559. The molecule has 2 aromatic carbocycles. The van der Waals surface area contributed by atoms with Crippen LogP contribution in [-0.4, -0.2) is 71.5 Å². The van der Waals surface area contributed by atoms with Crippen molar-refractivity contribution in [2.24, 2.45) is 5.41 Å². The number of carbonyl (C=O) groups is 1. The largest absolute Gasteiger partial charge is 0.330 e. The van der Waals surface area contributed by atoms with E-state index in [2.05, 4.69) is 64.2 Å². The minimum absolute atomic E-state index is 0.225. The SMILES string of the molecule is CC1(C)CCC(CN2[C@@H]3C[C@H]2CN(Cc2ccc4c(c2)CN(C2CCCNC2)C4=O)C3)=C(c2ccc(Cl)cc2)C1. The van der Waals surface area contributed by atoms with Crippen LogP contribution in [0.1, 0.15) is 79.4 Å². The van der Waals surface area contributed by atoms with Gasteiger partial charge in [0, 0.05) is 68.0 Å². The lowest BCUT2D eigenvalue weighted by atomic mass is 9.72.